The minimum Gasteiger partial charge on any atom is -0.349 e. The molecule has 0 aliphatic heterocycles. The summed E-state index contributed by atoms with van der Waals surface area (Å²) in [6, 6.07) is 15.7. The number of carbonyl (C=O) groups is 1. The van der Waals surface area contributed by atoms with Gasteiger partial charge in [0.15, 0.2) is 0 Å². The van der Waals surface area contributed by atoms with Crippen LogP contribution in [0.5, 0.6) is 0 Å². The molecule has 1 amide bonds. The minimum atomic E-state index is -0.426. The fourth-order valence-electron chi connectivity index (χ4n) is 2.69. The van der Waals surface area contributed by atoms with Gasteiger partial charge in [-0.05, 0) is 53.3 Å². The highest BCUT2D eigenvalue weighted by atomic mass is 32.1. The van der Waals surface area contributed by atoms with Crippen molar-refractivity contribution in [2.24, 2.45) is 0 Å². The van der Waals surface area contributed by atoms with Crippen molar-refractivity contribution in [3.05, 3.63) is 93.7 Å². The fraction of sp³-hybridized carbons (Fsp3) is 0.150. The summed E-state index contributed by atoms with van der Waals surface area (Å²) in [6.45, 7) is 0. The number of amides is 1. The van der Waals surface area contributed by atoms with Crippen LogP contribution in [0.15, 0.2) is 66.0 Å². The first kappa shape index (κ1) is 17.3. The number of rotatable bonds is 6. The Morgan fingerprint density at radius 2 is 1.76 bits per heavy atom. The molecule has 128 valence electrons. The standard InChI is InChI=1S/C20H17F2NOS/c21-16-6-1-4-14(10-16)11-19(15-5-2-7-17(22)12-15)23-20(24)13-18-8-3-9-25-18/h1-10,12,19H,11,13H2,(H,23,24)/t19-/m1/s1. The van der Waals surface area contributed by atoms with E-state index in [0.29, 0.717) is 12.0 Å². The molecule has 0 aliphatic rings. The van der Waals surface area contributed by atoms with E-state index in [4.69, 9.17) is 0 Å². The van der Waals surface area contributed by atoms with Gasteiger partial charge < -0.3 is 5.32 Å². The molecule has 0 spiro atoms. The highest BCUT2D eigenvalue weighted by Gasteiger charge is 2.17. The lowest BCUT2D eigenvalue weighted by molar-refractivity contribution is -0.121. The molecule has 3 aromatic rings. The minimum absolute atomic E-state index is 0.145. The lowest BCUT2D eigenvalue weighted by Crippen LogP contribution is -2.31. The van der Waals surface area contributed by atoms with E-state index in [9.17, 15) is 13.6 Å². The number of benzene rings is 2. The van der Waals surface area contributed by atoms with Crippen LogP contribution in [0, 0.1) is 11.6 Å². The molecule has 0 radical (unpaired) electrons. The quantitative estimate of drug-likeness (QED) is 0.682. The zero-order valence-corrected chi connectivity index (χ0v) is 14.2. The van der Waals surface area contributed by atoms with Crippen LogP contribution in [0.3, 0.4) is 0 Å². The van der Waals surface area contributed by atoms with Gasteiger partial charge >= 0.3 is 0 Å². The average molecular weight is 357 g/mol. The second kappa shape index (κ2) is 8.03. The van der Waals surface area contributed by atoms with Crippen molar-refractivity contribution in [3.63, 3.8) is 0 Å². The van der Waals surface area contributed by atoms with Gasteiger partial charge in [-0.2, -0.15) is 0 Å². The van der Waals surface area contributed by atoms with E-state index in [1.54, 1.807) is 24.3 Å². The maximum atomic E-state index is 13.6. The van der Waals surface area contributed by atoms with Gasteiger partial charge in [0.25, 0.3) is 0 Å². The Hall–Kier alpha value is -2.53. The Morgan fingerprint density at radius 3 is 2.44 bits per heavy atom. The van der Waals surface area contributed by atoms with E-state index >= 15 is 0 Å². The molecule has 0 aliphatic carbocycles. The topological polar surface area (TPSA) is 29.1 Å². The van der Waals surface area contributed by atoms with Crippen LogP contribution in [-0.2, 0) is 17.6 Å². The molecule has 2 aromatic carbocycles. The van der Waals surface area contributed by atoms with Crippen LogP contribution in [0.1, 0.15) is 22.0 Å². The third-order valence-electron chi connectivity index (χ3n) is 3.83. The van der Waals surface area contributed by atoms with Crippen LogP contribution in [0.25, 0.3) is 0 Å². The molecular weight excluding hydrogens is 340 g/mol. The zero-order valence-electron chi connectivity index (χ0n) is 13.4. The third kappa shape index (κ3) is 4.97. The highest BCUT2D eigenvalue weighted by molar-refractivity contribution is 7.10. The summed E-state index contributed by atoms with van der Waals surface area (Å²) in [5.41, 5.74) is 1.40. The number of thiophene rings is 1. The first-order valence-electron chi connectivity index (χ1n) is 7.92. The molecule has 0 saturated heterocycles. The summed E-state index contributed by atoms with van der Waals surface area (Å²) in [6.07, 6.45) is 0.657. The summed E-state index contributed by atoms with van der Waals surface area (Å²) in [5, 5.41) is 4.86. The molecule has 0 saturated carbocycles. The molecule has 0 fully saturated rings. The first-order chi connectivity index (χ1) is 12.1. The van der Waals surface area contributed by atoms with Gasteiger partial charge in [0, 0.05) is 4.88 Å². The lowest BCUT2D eigenvalue weighted by Gasteiger charge is -2.19. The summed E-state index contributed by atoms with van der Waals surface area (Å²) < 4.78 is 27.1. The molecule has 1 heterocycles. The zero-order chi connectivity index (χ0) is 17.6. The average Bonchev–Trinajstić information content (AvgIpc) is 3.07. The molecule has 2 nitrogen and oxygen atoms in total. The molecule has 1 aromatic heterocycles. The van der Waals surface area contributed by atoms with Gasteiger partial charge in [-0.15, -0.1) is 11.3 Å². The fourth-order valence-corrected chi connectivity index (χ4v) is 3.40. The van der Waals surface area contributed by atoms with Gasteiger partial charge in [0.2, 0.25) is 5.91 Å². The number of carbonyl (C=O) groups excluding carboxylic acids is 1. The van der Waals surface area contributed by atoms with Crippen molar-refractivity contribution in [2.75, 3.05) is 0 Å². The molecule has 1 atom stereocenters. The normalized spacial score (nSPS) is 11.9. The van der Waals surface area contributed by atoms with Gasteiger partial charge in [0.1, 0.15) is 11.6 Å². The maximum Gasteiger partial charge on any atom is 0.225 e. The molecule has 0 bridgehead atoms. The van der Waals surface area contributed by atoms with Crippen molar-refractivity contribution in [1.29, 1.82) is 0 Å². The van der Waals surface area contributed by atoms with Crippen molar-refractivity contribution in [2.45, 2.75) is 18.9 Å². The maximum absolute atomic E-state index is 13.6. The van der Waals surface area contributed by atoms with Gasteiger partial charge in [-0.25, -0.2) is 8.78 Å². The Morgan fingerprint density at radius 1 is 1.00 bits per heavy atom. The summed E-state index contributed by atoms with van der Waals surface area (Å²) >= 11 is 1.51. The monoisotopic (exact) mass is 357 g/mol. The Kier molecular flexibility index (Phi) is 5.56. The molecule has 5 heteroatoms. The van der Waals surface area contributed by atoms with Gasteiger partial charge in [-0.3, -0.25) is 4.79 Å². The predicted molar refractivity (Wildman–Crippen MR) is 95.4 cm³/mol. The largest absolute Gasteiger partial charge is 0.349 e. The number of nitrogens with one attached hydrogen (secondary N) is 1. The Balaban J connectivity index is 1.79. The Labute approximate surface area is 149 Å². The number of hydrogen-bond donors (Lipinski definition) is 1. The van der Waals surface area contributed by atoms with Crippen LogP contribution in [-0.4, -0.2) is 5.91 Å². The van der Waals surface area contributed by atoms with E-state index in [0.717, 1.165) is 10.4 Å². The van der Waals surface area contributed by atoms with Crippen LogP contribution in [0.4, 0.5) is 8.78 Å². The molecule has 3 rings (SSSR count). The SMILES string of the molecule is O=C(Cc1cccs1)N[C@H](Cc1cccc(F)c1)c1cccc(F)c1. The lowest BCUT2D eigenvalue weighted by atomic mass is 9.98. The molecular formula is C20H17F2NOS. The van der Waals surface area contributed by atoms with E-state index in [1.165, 1.54) is 35.6 Å². The molecule has 25 heavy (non-hydrogen) atoms. The van der Waals surface area contributed by atoms with Crippen molar-refractivity contribution in [1.82, 2.24) is 5.32 Å². The number of hydrogen-bond acceptors (Lipinski definition) is 2. The summed E-state index contributed by atoms with van der Waals surface area (Å²) in [4.78, 5) is 13.3. The van der Waals surface area contributed by atoms with Crippen molar-refractivity contribution < 1.29 is 13.6 Å². The van der Waals surface area contributed by atoms with E-state index in [1.807, 2.05) is 17.5 Å². The highest BCUT2D eigenvalue weighted by Crippen LogP contribution is 2.21. The Bertz CT molecular complexity index is 848. The number of halogens is 2. The van der Waals surface area contributed by atoms with E-state index in [-0.39, 0.29) is 24.0 Å². The van der Waals surface area contributed by atoms with E-state index in [2.05, 4.69) is 5.32 Å². The van der Waals surface area contributed by atoms with Crippen LogP contribution < -0.4 is 5.32 Å². The van der Waals surface area contributed by atoms with E-state index < -0.39 is 6.04 Å². The molecule has 1 N–H and O–H groups in total. The van der Waals surface area contributed by atoms with Crippen molar-refractivity contribution >= 4 is 17.2 Å². The first-order valence-corrected chi connectivity index (χ1v) is 8.80. The van der Waals surface area contributed by atoms with Gasteiger partial charge in [-0.1, -0.05) is 30.3 Å². The smallest absolute Gasteiger partial charge is 0.225 e. The second-order valence-corrected chi connectivity index (χ2v) is 6.80. The van der Waals surface area contributed by atoms with Crippen molar-refractivity contribution in [3.8, 4) is 0 Å². The predicted octanol–water partition coefficient (Wildman–Crippen LogP) is 4.67. The second-order valence-electron chi connectivity index (χ2n) is 5.77. The summed E-state index contributed by atoms with van der Waals surface area (Å²) in [5.74, 6) is -0.845. The van der Waals surface area contributed by atoms with Crippen LogP contribution >= 0.6 is 11.3 Å². The summed E-state index contributed by atoms with van der Waals surface area (Å²) in [7, 11) is 0. The van der Waals surface area contributed by atoms with Gasteiger partial charge in [0.05, 0.1) is 12.5 Å². The third-order valence-corrected chi connectivity index (χ3v) is 4.71. The van der Waals surface area contributed by atoms with Crippen LogP contribution in [0.2, 0.25) is 0 Å². The molecule has 0 unspecified atom stereocenters.